The Hall–Kier alpha value is -2.69. The third-order valence-electron chi connectivity index (χ3n) is 3.13. The van der Waals surface area contributed by atoms with Crippen LogP contribution in [0.5, 0.6) is 5.75 Å². The van der Waals surface area contributed by atoms with Gasteiger partial charge in [-0.1, -0.05) is 18.2 Å². The van der Waals surface area contributed by atoms with Gasteiger partial charge in [-0.3, -0.25) is 0 Å². The summed E-state index contributed by atoms with van der Waals surface area (Å²) in [6, 6.07) is 13.2. The van der Waals surface area contributed by atoms with Gasteiger partial charge in [0.05, 0.1) is 13.7 Å². The van der Waals surface area contributed by atoms with Crippen LogP contribution in [0.25, 0.3) is 11.5 Å². The van der Waals surface area contributed by atoms with Crippen molar-refractivity contribution in [1.29, 1.82) is 0 Å². The van der Waals surface area contributed by atoms with Gasteiger partial charge in [-0.25, -0.2) is 9.97 Å². The van der Waals surface area contributed by atoms with Gasteiger partial charge in [-0.2, -0.15) is 4.39 Å². The summed E-state index contributed by atoms with van der Waals surface area (Å²) < 4.78 is 20.5. The van der Waals surface area contributed by atoms with Gasteiger partial charge < -0.3 is 9.30 Å². The second-order valence-electron chi connectivity index (χ2n) is 4.46. The van der Waals surface area contributed by atoms with Gasteiger partial charge >= 0.3 is 0 Å². The van der Waals surface area contributed by atoms with Gasteiger partial charge in [-0.15, -0.1) is 0 Å². The van der Waals surface area contributed by atoms with Crippen molar-refractivity contribution in [2.24, 2.45) is 0 Å². The van der Waals surface area contributed by atoms with Crippen molar-refractivity contribution in [3.05, 3.63) is 66.4 Å². The van der Waals surface area contributed by atoms with Gasteiger partial charge in [0.1, 0.15) is 11.4 Å². The smallest absolute Gasteiger partial charge is 0.213 e. The van der Waals surface area contributed by atoms with E-state index in [2.05, 4.69) is 16.0 Å². The van der Waals surface area contributed by atoms with E-state index in [-0.39, 0.29) is 0 Å². The van der Waals surface area contributed by atoms with Crippen LogP contribution in [0.2, 0.25) is 0 Å². The molecule has 3 aromatic rings. The van der Waals surface area contributed by atoms with Crippen molar-refractivity contribution < 1.29 is 9.13 Å². The topological polar surface area (TPSA) is 39.9 Å². The fourth-order valence-corrected chi connectivity index (χ4v) is 2.15. The molecule has 0 aliphatic carbocycles. The lowest BCUT2D eigenvalue weighted by Crippen LogP contribution is -2.04. The molecule has 0 unspecified atom stereocenters. The summed E-state index contributed by atoms with van der Waals surface area (Å²) >= 11 is 0. The minimum absolute atomic E-state index is 0.501. The monoisotopic (exact) mass is 282 g/mol. The number of aromatic nitrogens is 3. The van der Waals surface area contributed by atoms with E-state index in [0.717, 1.165) is 11.3 Å². The first-order chi connectivity index (χ1) is 10.3. The van der Waals surface area contributed by atoms with Crippen molar-refractivity contribution in [1.82, 2.24) is 14.5 Å². The Labute approximate surface area is 121 Å². The molecule has 0 bridgehead atoms. The van der Waals surface area contributed by atoms with Crippen LogP contribution in [0, 0.1) is 12.0 Å². The number of halogens is 1. The van der Waals surface area contributed by atoms with E-state index in [1.165, 1.54) is 6.07 Å². The molecule has 4 nitrogen and oxygen atoms in total. The number of rotatable bonds is 4. The van der Waals surface area contributed by atoms with Gasteiger partial charge in [0.15, 0.2) is 5.82 Å². The molecular weight excluding hydrogens is 269 g/mol. The molecule has 0 aliphatic heterocycles. The highest BCUT2D eigenvalue weighted by Crippen LogP contribution is 2.21. The Morgan fingerprint density at radius 3 is 3.05 bits per heavy atom. The van der Waals surface area contributed by atoms with Crippen molar-refractivity contribution in [3.63, 3.8) is 0 Å². The molecule has 1 radical (unpaired) electrons. The Morgan fingerprint density at radius 2 is 2.24 bits per heavy atom. The molecule has 0 aliphatic rings. The average Bonchev–Trinajstić information content (AvgIpc) is 2.96. The predicted molar refractivity (Wildman–Crippen MR) is 76.3 cm³/mol. The zero-order valence-corrected chi connectivity index (χ0v) is 11.5. The minimum Gasteiger partial charge on any atom is -0.496 e. The fourth-order valence-electron chi connectivity index (χ4n) is 2.15. The fraction of sp³-hybridized carbons (Fsp3) is 0.125. The predicted octanol–water partition coefficient (Wildman–Crippen LogP) is 2.94. The molecule has 105 valence electrons. The molecule has 0 amide bonds. The molecule has 0 atom stereocenters. The summed E-state index contributed by atoms with van der Waals surface area (Å²) in [6.45, 7) is 0.561. The van der Waals surface area contributed by atoms with Crippen molar-refractivity contribution in [3.8, 4) is 17.3 Å². The SMILES string of the molecule is COc1c[c]ccc1Cn1ccnc1-c1cccc(F)n1. The second kappa shape index (κ2) is 5.75. The first-order valence-corrected chi connectivity index (χ1v) is 6.45. The van der Waals surface area contributed by atoms with E-state index in [9.17, 15) is 4.39 Å². The summed E-state index contributed by atoms with van der Waals surface area (Å²) in [7, 11) is 1.62. The molecule has 0 saturated heterocycles. The molecule has 5 heteroatoms. The molecular formula is C16H13FN3O. The van der Waals surface area contributed by atoms with E-state index in [0.29, 0.717) is 18.1 Å². The Morgan fingerprint density at radius 1 is 1.33 bits per heavy atom. The highest BCUT2D eigenvalue weighted by molar-refractivity contribution is 5.49. The quantitative estimate of drug-likeness (QED) is 0.691. The number of nitrogens with zero attached hydrogens (tertiary/aromatic N) is 3. The number of ether oxygens (including phenoxy) is 1. The molecule has 0 N–H and O–H groups in total. The summed E-state index contributed by atoms with van der Waals surface area (Å²) in [6.07, 6.45) is 3.50. The Kier molecular flexibility index (Phi) is 3.64. The van der Waals surface area contributed by atoms with E-state index >= 15 is 0 Å². The van der Waals surface area contributed by atoms with Crippen molar-refractivity contribution >= 4 is 0 Å². The molecule has 1 aromatic carbocycles. The Balaban J connectivity index is 1.96. The van der Waals surface area contributed by atoms with Crippen molar-refractivity contribution in [2.75, 3.05) is 7.11 Å². The molecule has 21 heavy (non-hydrogen) atoms. The maximum atomic E-state index is 13.3. The minimum atomic E-state index is -0.519. The van der Waals surface area contributed by atoms with Crippen LogP contribution in [0.3, 0.4) is 0 Å². The first-order valence-electron chi connectivity index (χ1n) is 6.45. The van der Waals surface area contributed by atoms with Crippen LogP contribution >= 0.6 is 0 Å². The molecule has 0 spiro atoms. The van der Waals surface area contributed by atoms with Crippen LogP contribution in [0.1, 0.15) is 5.56 Å². The van der Waals surface area contributed by atoms with E-state index < -0.39 is 5.95 Å². The summed E-state index contributed by atoms with van der Waals surface area (Å²) in [5.74, 6) is 0.850. The van der Waals surface area contributed by atoms with Gasteiger partial charge in [0.25, 0.3) is 0 Å². The lowest BCUT2D eigenvalue weighted by Gasteiger charge is -2.11. The summed E-state index contributed by atoms with van der Waals surface area (Å²) in [4.78, 5) is 8.14. The number of pyridine rings is 1. The lowest BCUT2D eigenvalue weighted by molar-refractivity contribution is 0.408. The zero-order chi connectivity index (χ0) is 14.7. The zero-order valence-electron chi connectivity index (χ0n) is 11.5. The number of benzene rings is 1. The van der Waals surface area contributed by atoms with E-state index in [1.54, 1.807) is 31.5 Å². The largest absolute Gasteiger partial charge is 0.496 e. The van der Waals surface area contributed by atoms with Crippen LogP contribution in [0.4, 0.5) is 4.39 Å². The number of imidazole rings is 1. The normalized spacial score (nSPS) is 10.6. The third-order valence-corrected chi connectivity index (χ3v) is 3.13. The average molecular weight is 282 g/mol. The summed E-state index contributed by atoms with van der Waals surface area (Å²) in [5.41, 5.74) is 1.49. The summed E-state index contributed by atoms with van der Waals surface area (Å²) in [5, 5.41) is 0. The van der Waals surface area contributed by atoms with Crippen LogP contribution in [-0.4, -0.2) is 21.6 Å². The maximum absolute atomic E-state index is 13.3. The highest BCUT2D eigenvalue weighted by Gasteiger charge is 2.10. The molecule has 0 saturated carbocycles. The van der Waals surface area contributed by atoms with E-state index in [4.69, 9.17) is 4.74 Å². The second-order valence-corrected chi connectivity index (χ2v) is 4.46. The molecule has 2 aromatic heterocycles. The van der Waals surface area contributed by atoms with Crippen molar-refractivity contribution in [2.45, 2.75) is 6.54 Å². The molecule has 2 heterocycles. The van der Waals surface area contributed by atoms with Crippen LogP contribution in [0.15, 0.2) is 48.8 Å². The lowest BCUT2D eigenvalue weighted by atomic mass is 10.2. The molecule has 3 rings (SSSR count). The van der Waals surface area contributed by atoms with Gasteiger partial charge in [0.2, 0.25) is 5.95 Å². The van der Waals surface area contributed by atoms with Gasteiger partial charge in [0, 0.05) is 18.0 Å². The first kappa shape index (κ1) is 13.3. The standard InChI is InChI=1S/C16H13FN3O/c1-21-14-7-3-2-5-12(14)11-20-10-9-18-16(20)13-6-4-8-15(17)19-13/h2,4-10H,11H2,1H3. The number of hydrogen-bond donors (Lipinski definition) is 0. The van der Waals surface area contributed by atoms with Crippen LogP contribution < -0.4 is 4.74 Å². The molecule has 0 fully saturated rings. The van der Waals surface area contributed by atoms with Gasteiger partial charge in [-0.05, 0) is 24.3 Å². The number of hydrogen-bond acceptors (Lipinski definition) is 3. The maximum Gasteiger partial charge on any atom is 0.213 e. The Bertz CT molecular complexity index is 755. The van der Waals surface area contributed by atoms with Crippen LogP contribution in [-0.2, 0) is 6.54 Å². The number of methoxy groups -OCH3 is 1. The highest BCUT2D eigenvalue weighted by atomic mass is 19.1. The van der Waals surface area contributed by atoms with E-state index in [1.807, 2.05) is 22.9 Å². The third kappa shape index (κ3) is 2.76.